The lowest BCUT2D eigenvalue weighted by molar-refractivity contribution is 1.54. The van der Waals surface area contributed by atoms with Crippen LogP contribution in [0.4, 0.5) is 0 Å². The Balaban J connectivity index is 0.936. The van der Waals surface area contributed by atoms with E-state index in [4.69, 9.17) is 0 Å². The first kappa shape index (κ1) is 40.9. The highest BCUT2D eigenvalue weighted by Gasteiger charge is 2.09. The Hall–Kier alpha value is -9.12. The molecule has 0 bridgehead atoms. The molecule has 10 aromatic rings. The first-order valence-electron chi connectivity index (χ1n) is 22.1. The lowest BCUT2D eigenvalue weighted by Gasteiger charge is -2.12. The molecular weight excluding hydrogens is 793 g/mol. The first-order chi connectivity index (χ1) is 32.6. The van der Waals surface area contributed by atoms with Crippen LogP contribution < -0.4 is 0 Å². The highest BCUT2D eigenvalue weighted by Crippen LogP contribution is 2.34. The van der Waals surface area contributed by atoms with Gasteiger partial charge in [0.25, 0.3) is 0 Å². The van der Waals surface area contributed by atoms with Gasteiger partial charge in [-0.2, -0.15) is 0 Å². The summed E-state index contributed by atoms with van der Waals surface area (Å²) in [5.41, 5.74) is 19.6. The van der Waals surface area contributed by atoms with Crippen LogP contribution in [0.3, 0.4) is 0 Å². The zero-order valence-corrected chi connectivity index (χ0v) is 36.2. The molecule has 0 atom stereocenters. The average molecular weight is 835 g/mol. The van der Waals surface area contributed by atoms with Crippen molar-refractivity contribution in [3.63, 3.8) is 0 Å². The van der Waals surface area contributed by atoms with Gasteiger partial charge in [-0.15, -0.1) is 0 Å². The molecule has 0 aliphatic heterocycles. The predicted molar refractivity (Wildman–Crippen MR) is 276 cm³/mol. The van der Waals surface area contributed by atoms with Crippen LogP contribution in [0.15, 0.2) is 255 Å². The summed E-state index contributed by atoms with van der Waals surface area (Å²) in [6, 6.07) is 89.0. The van der Waals surface area contributed by atoms with Crippen molar-refractivity contribution in [1.82, 2.24) is 0 Å². The predicted octanol–water partition coefficient (Wildman–Crippen LogP) is 15.9. The first-order valence-corrected chi connectivity index (χ1v) is 22.1. The Bertz CT molecular complexity index is 3080. The molecule has 0 aromatic heterocycles. The molecule has 0 aliphatic carbocycles. The Labute approximate surface area is 388 Å². The van der Waals surface area contributed by atoms with Gasteiger partial charge in [0.05, 0.1) is 0 Å². The van der Waals surface area contributed by atoms with Gasteiger partial charge in [0.15, 0.2) is 0 Å². The Kier molecular flexibility index (Phi) is 12.1. The molecular formula is C66H42. The minimum Gasteiger partial charge on any atom is -0.0622 e. The summed E-state index contributed by atoms with van der Waals surface area (Å²) in [5.74, 6) is 20.3. The Morgan fingerprint density at radius 3 is 0.636 bits per heavy atom. The van der Waals surface area contributed by atoms with Crippen LogP contribution in [0.25, 0.3) is 66.8 Å². The van der Waals surface area contributed by atoms with Gasteiger partial charge in [0, 0.05) is 33.4 Å². The van der Waals surface area contributed by atoms with Crippen molar-refractivity contribution in [3.05, 3.63) is 288 Å². The van der Waals surface area contributed by atoms with E-state index >= 15 is 0 Å². The molecule has 0 heteroatoms. The Morgan fingerprint density at radius 2 is 0.364 bits per heavy atom. The largest absolute Gasteiger partial charge is 0.0622 e. The van der Waals surface area contributed by atoms with Crippen molar-refractivity contribution >= 4 is 0 Å². The molecule has 0 radical (unpaired) electrons. The second kappa shape index (κ2) is 19.5. The molecule has 0 amide bonds. The smallest absolute Gasteiger partial charge is 0.0255 e. The molecule has 0 saturated carbocycles. The summed E-state index contributed by atoms with van der Waals surface area (Å²) in [6.07, 6.45) is 0. The molecule has 0 unspecified atom stereocenters. The van der Waals surface area contributed by atoms with Crippen molar-refractivity contribution in [2.75, 3.05) is 0 Å². The molecule has 0 heterocycles. The summed E-state index contributed by atoms with van der Waals surface area (Å²) in [6.45, 7) is 0. The highest BCUT2D eigenvalue weighted by atomic mass is 14.1. The van der Waals surface area contributed by atoms with Crippen molar-refractivity contribution in [2.24, 2.45) is 0 Å². The molecule has 306 valence electrons. The zero-order valence-electron chi connectivity index (χ0n) is 36.2. The molecule has 0 spiro atoms. The standard InChI is InChI=1S/C66H42/c1-4-16-55(17-5-1)61-22-10-13-52(43-61)28-25-49-31-37-58(38-32-49)64-46-65(59-39-33-50(34-40-59)26-29-53-14-11-23-62(44-53)56-18-6-2-7-19-56)48-66(47-64)60-41-35-51(36-42-60)27-30-54-15-12-24-63(45-54)57-20-8-3-9-21-57/h1-24,31-48H. The summed E-state index contributed by atoms with van der Waals surface area (Å²) in [7, 11) is 0. The number of hydrogen-bond acceptors (Lipinski definition) is 0. The SMILES string of the molecule is C(#Cc1cccc(-c2ccccc2)c1)c1ccc(-c2cc(-c3ccc(C#Cc4cccc(-c5ccccc5)c4)cc3)cc(-c3ccc(C#Cc4cccc(-c5ccccc5)c4)cc3)c2)cc1. The van der Waals surface area contributed by atoms with Gasteiger partial charge in [-0.05, 0) is 158 Å². The maximum absolute atomic E-state index is 3.39. The minimum absolute atomic E-state index is 0.965. The quantitative estimate of drug-likeness (QED) is 0.146. The van der Waals surface area contributed by atoms with E-state index in [0.717, 1.165) is 83.5 Å². The van der Waals surface area contributed by atoms with Gasteiger partial charge in [0.1, 0.15) is 0 Å². The van der Waals surface area contributed by atoms with Crippen molar-refractivity contribution in [1.29, 1.82) is 0 Å². The zero-order chi connectivity index (χ0) is 44.3. The topological polar surface area (TPSA) is 0 Å². The minimum atomic E-state index is 0.965. The molecule has 0 aliphatic rings. The van der Waals surface area contributed by atoms with Crippen LogP contribution in [0.1, 0.15) is 33.4 Å². The lowest BCUT2D eigenvalue weighted by Crippen LogP contribution is -1.88. The van der Waals surface area contributed by atoms with E-state index in [-0.39, 0.29) is 0 Å². The summed E-state index contributed by atoms with van der Waals surface area (Å²) in [5, 5.41) is 0. The van der Waals surface area contributed by atoms with E-state index in [9.17, 15) is 0 Å². The van der Waals surface area contributed by atoms with Crippen LogP contribution in [0.2, 0.25) is 0 Å². The van der Waals surface area contributed by atoms with Gasteiger partial charge in [0.2, 0.25) is 0 Å². The third-order valence-electron chi connectivity index (χ3n) is 11.6. The van der Waals surface area contributed by atoms with Crippen molar-refractivity contribution < 1.29 is 0 Å². The van der Waals surface area contributed by atoms with Crippen molar-refractivity contribution in [2.45, 2.75) is 0 Å². The second-order valence-electron chi connectivity index (χ2n) is 16.1. The molecule has 0 nitrogen and oxygen atoms in total. The Morgan fingerprint density at radius 1 is 0.136 bits per heavy atom. The third-order valence-corrected chi connectivity index (χ3v) is 11.6. The maximum atomic E-state index is 3.39. The molecule has 0 N–H and O–H groups in total. The summed E-state index contributed by atoms with van der Waals surface area (Å²) >= 11 is 0. The number of hydrogen-bond donors (Lipinski definition) is 0. The fraction of sp³-hybridized carbons (Fsp3) is 0. The van der Waals surface area contributed by atoms with E-state index in [2.05, 4.69) is 272 Å². The normalized spacial score (nSPS) is 10.4. The van der Waals surface area contributed by atoms with E-state index in [1.54, 1.807) is 0 Å². The van der Waals surface area contributed by atoms with Gasteiger partial charge in [-0.1, -0.05) is 199 Å². The van der Waals surface area contributed by atoms with Gasteiger partial charge >= 0.3 is 0 Å². The molecule has 0 saturated heterocycles. The van der Waals surface area contributed by atoms with Crippen LogP contribution in [0, 0.1) is 35.5 Å². The molecule has 66 heavy (non-hydrogen) atoms. The van der Waals surface area contributed by atoms with Crippen LogP contribution >= 0.6 is 0 Å². The fourth-order valence-corrected chi connectivity index (χ4v) is 8.02. The maximum Gasteiger partial charge on any atom is 0.0255 e. The van der Waals surface area contributed by atoms with Crippen molar-refractivity contribution in [3.8, 4) is 102 Å². The fourth-order valence-electron chi connectivity index (χ4n) is 8.02. The van der Waals surface area contributed by atoms with Crippen LogP contribution in [-0.2, 0) is 0 Å². The van der Waals surface area contributed by atoms with E-state index in [1.165, 1.54) is 16.7 Å². The van der Waals surface area contributed by atoms with Gasteiger partial charge < -0.3 is 0 Å². The van der Waals surface area contributed by atoms with Gasteiger partial charge in [-0.25, -0.2) is 0 Å². The molecule has 10 rings (SSSR count). The van der Waals surface area contributed by atoms with E-state index in [1.807, 2.05) is 18.2 Å². The summed E-state index contributed by atoms with van der Waals surface area (Å²) < 4.78 is 0. The monoisotopic (exact) mass is 834 g/mol. The van der Waals surface area contributed by atoms with E-state index < -0.39 is 0 Å². The number of rotatable bonds is 6. The lowest BCUT2D eigenvalue weighted by atomic mass is 9.92. The van der Waals surface area contributed by atoms with Crippen LogP contribution in [0.5, 0.6) is 0 Å². The third kappa shape index (κ3) is 10.1. The van der Waals surface area contributed by atoms with Gasteiger partial charge in [-0.3, -0.25) is 0 Å². The van der Waals surface area contributed by atoms with E-state index in [0.29, 0.717) is 0 Å². The average Bonchev–Trinajstić information content (AvgIpc) is 3.40. The molecule has 0 fully saturated rings. The second-order valence-corrected chi connectivity index (χ2v) is 16.1. The number of benzene rings is 10. The summed E-state index contributed by atoms with van der Waals surface area (Å²) in [4.78, 5) is 0. The highest BCUT2D eigenvalue weighted by molar-refractivity contribution is 5.82. The van der Waals surface area contributed by atoms with Crippen LogP contribution in [-0.4, -0.2) is 0 Å². The molecule has 10 aromatic carbocycles.